The van der Waals surface area contributed by atoms with Crippen LogP contribution < -0.4 is 0 Å². The van der Waals surface area contributed by atoms with Gasteiger partial charge in [0.05, 0.1) is 4.90 Å². The van der Waals surface area contributed by atoms with Crippen LogP contribution in [-0.4, -0.2) is 31.6 Å². The van der Waals surface area contributed by atoms with Gasteiger partial charge in [0.2, 0.25) is 10.0 Å². The summed E-state index contributed by atoms with van der Waals surface area (Å²) in [5.74, 6) is 0.277. The van der Waals surface area contributed by atoms with Crippen molar-refractivity contribution in [3.05, 3.63) is 29.3 Å². The molecule has 0 atom stereocenters. The number of carbonyl (C=O) groups is 1. The molecule has 0 amide bonds. The van der Waals surface area contributed by atoms with Gasteiger partial charge in [-0.15, -0.1) is 0 Å². The summed E-state index contributed by atoms with van der Waals surface area (Å²) < 4.78 is 27.0. The Kier molecular flexibility index (Phi) is 4.84. The van der Waals surface area contributed by atoms with E-state index in [2.05, 4.69) is 0 Å². The number of piperidine rings is 1. The average Bonchev–Trinajstić information content (AvgIpc) is 2.49. The summed E-state index contributed by atoms with van der Waals surface area (Å²) >= 11 is 0. The zero-order valence-electron chi connectivity index (χ0n) is 12.9. The third-order valence-corrected chi connectivity index (χ3v) is 6.26. The van der Waals surface area contributed by atoms with E-state index in [9.17, 15) is 13.2 Å². The molecule has 1 aliphatic rings. The Morgan fingerprint density at radius 3 is 2.43 bits per heavy atom. The minimum atomic E-state index is -3.45. The second kappa shape index (κ2) is 6.28. The van der Waals surface area contributed by atoms with Crippen molar-refractivity contribution in [2.75, 3.05) is 13.1 Å². The van der Waals surface area contributed by atoms with E-state index < -0.39 is 10.0 Å². The molecule has 1 aliphatic heterocycles. The summed E-state index contributed by atoms with van der Waals surface area (Å²) in [5.41, 5.74) is 1.71. The molecule has 4 nitrogen and oxygen atoms in total. The molecule has 0 aliphatic carbocycles. The average molecular weight is 309 g/mol. The van der Waals surface area contributed by atoms with Gasteiger partial charge in [-0.25, -0.2) is 8.42 Å². The van der Waals surface area contributed by atoms with Crippen molar-refractivity contribution in [3.8, 4) is 0 Å². The molecule has 1 fully saturated rings. The SMILES string of the molecule is CCC(=O)C1CCN(S(=O)(=O)c2cc(C)ccc2C)CC1. The van der Waals surface area contributed by atoms with Crippen LogP contribution in [0.15, 0.2) is 23.1 Å². The van der Waals surface area contributed by atoms with Crippen LogP contribution in [0.5, 0.6) is 0 Å². The monoisotopic (exact) mass is 309 g/mol. The van der Waals surface area contributed by atoms with Crippen LogP contribution in [0.4, 0.5) is 0 Å². The first-order valence-electron chi connectivity index (χ1n) is 7.46. The van der Waals surface area contributed by atoms with Crippen LogP contribution in [0, 0.1) is 19.8 Å². The number of benzene rings is 1. The first-order chi connectivity index (χ1) is 9.86. The minimum Gasteiger partial charge on any atom is -0.299 e. The molecule has 21 heavy (non-hydrogen) atoms. The van der Waals surface area contributed by atoms with E-state index in [0.717, 1.165) is 11.1 Å². The molecule has 1 saturated heterocycles. The van der Waals surface area contributed by atoms with Gasteiger partial charge in [0.1, 0.15) is 5.78 Å². The molecule has 0 radical (unpaired) electrons. The Hall–Kier alpha value is -1.20. The summed E-state index contributed by atoms with van der Waals surface area (Å²) in [7, 11) is -3.45. The molecule has 5 heteroatoms. The van der Waals surface area contributed by atoms with E-state index in [1.165, 1.54) is 4.31 Å². The molecule has 1 aromatic rings. The lowest BCUT2D eigenvalue weighted by Gasteiger charge is -2.30. The lowest BCUT2D eigenvalue weighted by atomic mass is 9.92. The van der Waals surface area contributed by atoms with Crippen molar-refractivity contribution >= 4 is 15.8 Å². The highest BCUT2D eigenvalue weighted by Crippen LogP contribution is 2.27. The zero-order valence-corrected chi connectivity index (χ0v) is 13.7. The Labute approximate surface area is 127 Å². The maximum Gasteiger partial charge on any atom is 0.243 e. The number of hydrogen-bond acceptors (Lipinski definition) is 3. The van der Waals surface area contributed by atoms with Gasteiger partial charge in [0.25, 0.3) is 0 Å². The summed E-state index contributed by atoms with van der Waals surface area (Å²) in [6, 6.07) is 5.49. The number of aryl methyl sites for hydroxylation is 2. The van der Waals surface area contributed by atoms with Crippen molar-refractivity contribution in [2.24, 2.45) is 5.92 Å². The summed E-state index contributed by atoms with van der Waals surface area (Å²) in [6.45, 7) is 6.45. The first kappa shape index (κ1) is 16.2. The minimum absolute atomic E-state index is 0.0278. The molecular weight excluding hydrogens is 286 g/mol. The quantitative estimate of drug-likeness (QED) is 0.859. The highest BCUT2D eigenvalue weighted by molar-refractivity contribution is 7.89. The van der Waals surface area contributed by atoms with Crippen LogP contribution in [0.1, 0.15) is 37.3 Å². The molecular formula is C16H23NO3S. The fourth-order valence-electron chi connectivity index (χ4n) is 2.83. The number of sulfonamides is 1. The van der Waals surface area contributed by atoms with Crippen molar-refractivity contribution < 1.29 is 13.2 Å². The number of nitrogens with zero attached hydrogens (tertiary/aromatic N) is 1. The summed E-state index contributed by atoms with van der Waals surface area (Å²) in [5, 5.41) is 0. The van der Waals surface area contributed by atoms with Gasteiger partial charge in [-0.1, -0.05) is 19.1 Å². The standard InChI is InChI=1S/C16H23NO3S/c1-4-15(18)14-7-9-17(10-8-14)21(19,20)16-11-12(2)5-6-13(16)3/h5-6,11,14H,4,7-10H2,1-3H3. The topological polar surface area (TPSA) is 54.5 Å². The highest BCUT2D eigenvalue weighted by Gasteiger charge is 2.32. The molecule has 116 valence electrons. The molecule has 0 aromatic heterocycles. The molecule has 2 rings (SSSR count). The Bertz CT molecular complexity index is 629. The number of carbonyl (C=O) groups excluding carboxylic acids is 1. The molecule has 1 heterocycles. The molecule has 0 saturated carbocycles. The van der Waals surface area contributed by atoms with Crippen molar-refractivity contribution in [1.29, 1.82) is 0 Å². The Balaban J connectivity index is 2.19. The van der Waals surface area contributed by atoms with Gasteiger partial charge in [-0.2, -0.15) is 4.31 Å². The predicted molar refractivity (Wildman–Crippen MR) is 82.7 cm³/mol. The van der Waals surface area contributed by atoms with Crippen LogP contribution in [0.3, 0.4) is 0 Å². The van der Waals surface area contributed by atoms with E-state index in [4.69, 9.17) is 0 Å². The van der Waals surface area contributed by atoms with Crippen molar-refractivity contribution in [3.63, 3.8) is 0 Å². The van der Waals surface area contributed by atoms with E-state index in [1.54, 1.807) is 6.07 Å². The Morgan fingerprint density at radius 1 is 1.24 bits per heavy atom. The smallest absolute Gasteiger partial charge is 0.243 e. The van der Waals surface area contributed by atoms with Crippen molar-refractivity contribution in [2.45, 2.75) is 44.9 Å². The third-order valence-electron chi connectivity index (χ3n) is 4.22. The number of hydrogen-bond donors (Lipinski definition) is 0. The van der Waals surface area contributed by atoms with E-state index in [1.807, 2.05) is 32.9 Å². The summed E-state index contributed by atoms with van der Waals surface area (Å²) in [6.07, 6.45) is 1.81. The highest BCUT2D eigenvalue weighted by atomic mass is 32.2. The van der Waals surface area contributed by atoms with E-state index in [-0.39, 0.29) is 11.7 Å². The normalized spacial score (nSPS) is 17.9. The molecule has 0 N–H and O–H groups in total. The van der Waals surface area contributed by atoms with E-state index in [0.29, 0.717) is 37.2 Å². The fourth-order valence-corrected chi connectivity index (χ4v) is 4.61. The molecule has 0 spiro atoms. The van der Waals surface area contributed by atoms with Crippen LogP contribution >= 0.6 is 0 Å². The van der Waals surface area contributed by atoms with Gasteiger partial charge in [-0.3, -0.25) is 4.79 Å². The molecule has 0 unspecified atom stereocenters. The van der Waals surface area contributed by atoms with Gasteiger partial charge in [-0.05, 0) is 43.9 Å². The largest absolute Gasteiger partial charge is 0.299 e. The number of ketones is 1. The fraction of sp³-hybridized carbons (Fsp3) is 0.562. The van der Waals surface area contributed by atoms with Gasteiger partial charge >= 0.3 is 0 Å². The van der Waals surface area contributed by atoms with Crippen LogP contribution in [0.25, 0.3) is 0 Å². The predicted octanol–water partition coefficient (Wildman–Crippen LogP) is 2.68. The molecule has 0 bridgehead atoms. The van der Waals surface area contributed by atoms with Crippen LogP contribution in [-0.2, 0) is 14.8 Å². The van der Waals surface area contributed by atoms with Crippen LogP contribution in [0.2, 0.25) is 0 Å². The zero-order chi connectivity index (χ0) is 15.6. The molecule has 1 aromatic carbocycles. The van der Waals surface area contributed by atoms with Gasteiger partial charge in [0, 0.05) is 25.4 Å². The summed E-state index contributed by atoms with van der Waals surface area (Å²) in [4.78, 5) is 12.1. The van der Waals surface area contributed by atoms with Gasteiger partial charge in [0.15, 0.2) is 0 Å². The lowest BCUT2D eigenvalue weighted by Crippen LogP contribution is -2.40. The second-order valence-corrected chi connectivity index (χ2v) is 7.67. The second-order valence-electron chi connectivity index (χ2n) is 5.77. The lowest BCUT2D eigenvalue weighted by molar-refractivity contribution is -0.123. The van der Waals surface area contributed by atoms with Crippen molar-refractivity contribution in [1.82, 2.24) is 4.31 Å². The maximum atomic E-state index is 12.7. The van der Waals surface area contributed by atoms with E-state index >= 15 is 0 Å². The number of Topliss-reactive ketones (excluding diaryl/α,β-unsaturated/α-hetero) is 1. The van der Waals surface area contributed by atoms with Gasteiger partial charge < -0.3 is 0 Å². The maximum absolute atomic E-state index is 12.7. The third kappa shape index (κ3) is 3.35. The number of rotatable bonds is 4. The Morgan fingerprint density at radius 2 is 1.86 bits per heavy atom. The first-order valence-corrected chi connectivity index (χ1v) is 8.90.